The highest BCUT2D eigenvalue weighted by molar-refractivity contribution is 5.86. The molecule has 4 aliphatic carbocycles. The predicted molar refractivity (Wildman–Crippen MR) is 149 cm³/mol. The first kappa shape index (κ1) is 28.8. The summed E-state index contributed by atoms with van der Waals surface area (Å²) in [4.78, 5) is 38.0. The topological polar surface area (TPSA) is 80.7 Å². The summed E-state index contributed by atoms with van der Waals surface area (Å²) in [5.41, 5.74) is 2.19. The van der Waals surface area contributed by atoms with Crippen molar-refractivity contribution in [1.29, 1.82) is 0 Å². The molecule has 0 aromatic rings. The van der Waals surface area contributed by atoms with Gasteiger partial charge in [0, 0.05) is 24.2 Å². The number of allylic oxidation sites excluding steroid dienone is 4. The average Bonchev–Trinajstić information content (AvgIpc) is 3.03. The van der Waals surface area contributed by atoms with Crippen LogP contribution < -0.4 is 0 Å². The molecule has 2 saturated carbocycles. The number of aliphatic carboxylic acids is 1. The molecule has 1 N–H and O–H groups in total. The van der Waals surface area contributed by atoms with Crippen LogP contribution >= 0.6 is 0 Å². The van der Waals surface area contributed by atoms with E-state index >= 15 is 0 Å². The molecule has 2 fully saturated rings. The summed E-state index contributed by atoms with van der Waals surface area (Å²) in [6.07, 6.45) is 9.00. The number of esters is 1. The van der Waals surface area contributed by atoms with Gasteiger partial charge in [0.15, 0.2) is 0 Å². The number of ketones is 1. The summed E-state index contributed by atoms with van der Waals surface area (Å²) in [7, 11) is 0. The van der Waals surface area contributed by atoms with Crippen LogP contribution in [-0.4, -0.2) is 28.9 Å². The van der Waals surface area contributed by atoms with Crippen LogP contribution in [0.2, 0.25) is 0 Å². The second-order valence-corrected chi connectivity index (χ2v) is 14.1. The van der Waals surface area contributed by atoms with E-state index in [1.54, 1.807) is 0 Å². The Morgan fingerprint density at radius 3 is 2.37 bits per heavy atom. The van der Waals surface area contributed by atoms with Crippen LogP contribution in [0.15, 0.2) is 35.5 Å². The number of hydrogen-bond acceptors (Lipinski definition) is 4. The average molecular weight is 525 g/mol. The van der Waals surface area contributed by atoms with Gasteiger partial charge in [-0.2, -0.15) is 0 Å². The largest absolute Gasteiger partial charge is 0.481 e. The third-order valence-corrected chi connectivity index (χ3v) is 11.8. The van der Waals surface area contributed by atoms with Gasteiger partial charge in [-0.15, -0.1) is 0 Å². The van der Waals surface area contributed by atoms with Crippen LogP contribution in [0.25, 0.3) is 0 Å². The molecule has 4 aliphatic rings. The fraction of sp³-hybridized carbons (Fsp3) is 0.727. The summed E-state index contributed by atoms with van der Waals surface area (Å²) in [6.45, 7) is 20.8. The lowest BCUT2D eigenvalue weighted by Gasteiger charge is -2.60. The second kappa shape index (κ2) is 9.48. The Kier molecular flexibility index (Phi) is 7.20. The highest BCUT2D eigenvalue weighted by atomic mass is 16.5. The molecule has 5 heteroatoms. The Morgan fingerprint density at radius 2 is 1.79 bits per heavy atom. The van der Waals surface area contributed by atoms with E-state index in [2.05, 4.69) is 67.2 Å². The Labute approximate surface area is 229 Å². The summed E-state index contributed by atoms with van der Waals surface area (Å²) < 4.78 is 6.08. The van der Waals surface area contributed by atoms with Crippen LogP contribution in [0, 0.1) is 45.3 Å². The Balaban J connectivity index is 1.80. The number of carbonyl (C=O) groups is 3. The Hall–Kier alpha value is -2.17. The van der Waals surface area contributed by atoms with Gasteiger partial charge in [-0.3, -0.25) is 14.4 Å². The summed E-state index contributed by atoms with van der Waals surface area (Å²) in [6, 6.07) is 0. The first-order chi connectivity index (χ1) is 17.5. The van der Waals surface area contributed by atoms with E-state index < -0.39 is 28.8 Å². The number of ether oxygens (including phenoxy) is 1. The third kappa shape index (κ3) is 4.05. The molecule has 0 radical (unpaired) electrons. The summed E-state index contributed by atoms with van der Waals surface area (Å²) in [5.74, 6) is -0.888. The molecular formula is C33H48O5. The van der Waals surface area contributed by atoms with Crippen LogP contribution in [0.3, 0.4) is 0 Å². The fourth-order valence-electron chi connectivity index (χ4n) is 8.96. The number of rotatable bonds is 7. The Morgan fingerprint density at radius 1 is 1.13 bits per heavy atom. The van der Waals surface area contributed by atoms with Crippen LogP contribution in [-0.2, 0) is 19.1 Å². The predicted octanol–water partition coefficient (Wildman–Crippen LogP) is 7.32. The molecular weight excluding hydrogens is 476 g/mol. The van der Waals surface area contributed by atoms with Crippen molar-refractivity contribution in [2.45, 2.75) is 106 Å². The lowest BCUT2D eigenvalue weighted by Crippen LogP contribution is -2.55. The zero-order valence-corrected chi connectivity index (χ0v) is 24.8. The lowest BCUT2D eigenvalue weighted by molar-refractivity contribution is -0.153. The van der Waals surface area contributed by atoms with Gasteiger partial charge in [0.05, 0.1) is 5.92 Å². The summed E-state index contributed by atoms with van der Waals surface area (Å²) >= 11 is 0. The fourth-order valence-corrected chi connectivity index (χ4v) is 8.96. The van der Waals surface area contributed by atoms with Gasteiger partial charge in [-0.1, -0.05) is 72.8 Å². The van der Waals surface area contributed by atoms with Gasteiger partial charge in [0.2, 0.25) is 0 Å². The molecule has 0 aromatic carbocycles. The molecule has 0 spiro atoms. The van der Waals surface area contributed by atoms with Crippen molar-refractivity contribution in [1.82, 2.24) is 0 Å². The molecule has 4 rings (SSSR count). The third-order valence-electron chi connectivity index (χ3n) is 11.8. The molecule has 0 aromatic heterocycles. The van der Waals surface area contributed by atoms with E-state index in [1.165, 1.54) is 18.1 Å². The number of carboxylic acid groups (broad SMARTS) is 1. The normalized spacial score (nSPS) is 38.3. The van der Waals surface area contributed by atoms with Gasteiger partial charge >= 0.3 is 11.9 Å². The van der Waals surface area contributed by atoms with Crippen molar-refractivity contribution in [2.24, 2.45) is 45.3 Å². The van der Waals surface area contributed by atoms with Crippen LogP contribution in [0.4, 0.5) is 0 Å². The smallest absolute Gasteiger partial charge is 0.306 e. The van der Waals surface area contributed by atoms with E-state index in [-0.39, 0.29) is 28.6 Å². The molecule has 5 nitrogen and oxygen atoms in total. The van der Waals surface area contributed by atoms with Crippen molar-refractivity contribution >= 4 is 17.7 Å². The maximum absolute atomic E-state index is 12.9. The summed E-state index contributed by atoms with van der Waals surface area (Å²) in [5, 5.41) is 10.5. The molecule has 0 unspecified atom stereocenters. The van der Waals surface area contributed by atoms with Gasteiger partial charge in [-0.25, -0.2) is 0 Å². The first-order valence-electron chi connectivity index (χ1n) is 14.5. The van der Waals surface area contributed by atoms with Gasteiger partial charge in [0.25, 0.3) is 0 Å². The molecule has 0 bridgehead atoms. The van der Waals surface area contributed by atoms with E-state index in [4.69, 9.17) is 4.74 Å². The minimum absolute atomic E-state index is 0.133. The minimum Gasteiger partial charge on any atom is -0.481 e. The molecule has 0 amide bonds. The van der Waals surface area contributed by atoms with Crippen molar-refractivity contribution < 1.29 is 24.2 Å². The Bertz CT molecular complexity index is 1110. The molecule has 38 heavy (non-hydrogen) atoms. The highest BCUT2D eigenvalue weighted by Crippen LogP contribution is 2.72. The highest BCUT2D eigenvalue weighted by Gasteiger charge is 2.68. The zero-order chi connectivity index (χ0) is 28.4. The van der Waals surface area contributed by atoms with Crippen LogP contribution in [0.5, 0.6) is 0 Å². The van der Waals surface area contributed by atoms with E-state index in [9.17, 15) is 19.5 Å². The second-order valence-electron chi connectivity index (χ2n) is 14.1. The van der Waals surface area contributed by atoms with Gasteiger partial charge in [-0.05, 0) is 78.3 Å². The van der Waals surface area contributed by atoms with Crippen LogP contribution in [0.1, 0.15) is 100 Å². The van der Waals surface area contributed by atoms with Crippen molar-refractivity contribution in [3.63, 3.8) is 0 Å². The monoisotopic (exact) mass is 524 g/mol. The SMILES string of the molecule is C=C(CC[C@@H](C(=O)O)[C@H]1C[C@H](OC(C)=O)[C@@]2(C)C3=CC[C@@H]4C(C)(C)C(=O)CC[C@]4(C)C3=CC[C@]12C)C(C)C. The van der Waals surface area contributed by atoms with Crippen molar-refractivity contribution in [3.05, 3.63) is 35.5 Å². The van der Waals surface area contributed by atoms with Gasteiger partial charge < -0.3 is 9.84 Å². The lowest BCUT2D eigenvalue weighted by atomic mass is 9.44. The molecule has 7 atom stereocenters. The standard InChI is InChI=1S/C33H48O5/c1-19(2)20(3)10-11-22(29(36)37)25-18-28(38-21(4)34)33(9)24-12-13-26-30(5,6)27(35)15-16-31(26,7)23(24)14-17-32(25,33)8/h12,14,19,22,25-26,28H,3,10-11,13,15-18H2,1-2,4-9H3,(H,36,37)/t22-,25-,26-,28+,31-,32-,33-/m1/s1. The first-order valence-corrected chi connectivity index (χ1v) is 14.5. The van der Waals surface area contributed by atoms with E-state index in [1.807, 2.05) is 0 Å². The van der Waals surface area contributed by atoms with Crippen molar-refractivity contribution in [3.8, 4) is 0 Å². The van der Waals surface area contributed by atoms with E-state index in [0.29, 0.717) is 37.4 Å². The maximum Gasteiger partial charge on any atom is 0.306 e. The number of hydrogen-bond donors (Lipinski definition) is 1. The molecule has 0 saturated heterocycles. The zero-order valence-electron chi connectivity index (χ0n) is 24.8. The number of fused-ring (bicyclic) bond motifs is 5. The van der Waals surface area contributed by atoms with Crippen molar-refractivity contribution in [2.75, 3.05) is 0 Å². The quantitative estimate of drug-likeness (QED) is 0.279. The van der Waals surface area contributed by atoms with Gasteiger partial charge in [0.1, 0.15) is 11.9 Å². The number of carbonyl (C=O) groups excluding carboxylic acids is 2. The number of Topliss-reactive ketones (excluding diaryl/α,β-unsaturated/α-hetero) is 1. The van der Waals surface area contributed by atoms with E-state index in [0.717, 1.165) is 24.8 Å². The molecule has 0 heterocycles. The minimum atomic E-state index is -0.773. The number of carboxylic acids is 1. The molecule has 210 valence electrons. The molecule has 0 aliphatic heterocycles. The maximum atomic E-state index is 12.9.